The Bertz CT molecular complexity index is 659. The number of aromatic nitrogens is 2. The summed E-state index contributed by atoms with van der Waals surface area (Å²) >= 11 is 0. The highest BCUT2D eigenvalue weighted by atomic mass is 16.2. The van der Waals surface area contributed by atoms with Crippen LogP contribution < -0.4 is 5.32 Å². The normalized spacial score (nSPS) is 11.3. The number of hydrogen-bond acceptors (Lipinski definition) is 4. The molecule has 0 radical (unpaired) electrons. The van der Waals surface area contributed by atoms with Crippen molar-refractivity contribution in [1.82, 2.24) is 15.3 Å². The summed E-state index contributed by atoms with van der Waals surface area (Å²) in [5.41, 5.74) is 1.40. The Morgan fingerprint density at radius 3 is 2.40 bits per heavy atom. The maximum absolute atomic E-state index is 12.0. The fourth-order valence-electron chi connectivity index (χ4n) is 1.63. The molecule has 1 amide bonds. The Balaban J connectivity index is 2.10. The third kappa shape index (κ3) is 3.17. The first kappa shape index (κ1) is 14.1. The number of rotatable bonds is 3. The molecule has 0 saturated heterocycles. The highest BCUT2D eigenvalue weighted by Crippen LogP contribution is 2.14. The molecule has 0 aliphatic carbocycles. The van der Waals surface area contributed by atoms with Crippen LogP contribution in [0.4, 0.5) is 0 Å². The molecular formula is C15H17N3O2. The summed E-state index contributed by atoms with van der Waals surface area (Å²) in [6.45, 7) is 5.51. The van der Waals surface area contributed by atoms with Gasteiger partial charge in [-0.2, -0.15) is 0 Å². The van der Waals surface area contributed by atoms with Crippen LogP contribution in [-0.2, 0) is 4.79 Å². The topological polar surface area (TPSA) is 72.0 Å². The smallest absolute Gasteiger partial charge is 0.251 e. The minimum absolute atomic E-state index is 0.00793. The number of carbonyl (C=O) groups excluding carboxylic acids is 2. The zero-order valence-corrected chi connectivity index (χ0v) is 11.8. The van der Waals surface area contributed by atoms with Gasteiger partial charge in [-0.25, -0.2) is 0 Å². The number of nitrogens with one attached hydrogen (secondary N) is 1. The third-order valence-electron chi connectivity index (χ3n) is 2.98. The predicted octanol–water partition coefficient (Wildman–Crippen LogP) is 1.97. The second-order valence-electron chi connectivity index (χ2n) is 5.62. The first-order valence-electron chi connectivity index (χ1n) is 6.40. The monoisotopic (exact) mass is 271 g/mol. The lowest BCUT2D eigenvalue weighted by Crippen LogP contribution is -2.35. The molecule has 0 atom stereocenters. The van der Waals surface area contributed by atoms with Crippen LogP contribution in [0.3, 0.4) is 0 Å². The lowest BCUT2D eigenvalue weighted by molar-refractivity contribution is -0.125. The Kier molecular flexibility index (Phi) is 3.79. The molecule has 20 heavy (non-hydrogen) atoms. The highest BCUT2D eigenvalue weighted by Gasteiger charge is 2.21. The van der Waals surface area contributed by atoms with Crippen molar-refractivity contribution in [2.75, 3.05) is 6.54 Å². The summed E-state index contributed by atoms with van der Waals surface area (Å²) in [5, 5.41) is 2.63. The number of carbonyl (C=O) groups is 2. The van der Waals surface area contributed by atoms with Crippen molar-refractivity contribution in [1.29, 1.82) is 0 Å². The summed E-state index contributed by atoms with van der Waals surface area (Å²) in [7, 11) is 0. The standard InChI is InChI=1S/C15H17N3O2/c1-15(2,3)13(19)9-18-14(20)10-4-5-11-12(8-10)17-7-6-16-11/h4-8H,9H2,1-3H3,(H,18,20). The van der Waals surface area contributed by atoms with Crippen LogP contribution in [0.25, 0.3) is 11.0 Å². The second-order valence-corrected chi connectivity index (χ2v) is 5.62. The second kappa shape index (κ2) is 5.36. The molecule has 0 fully saturated rings. The summed E-state index contributed by atoms with van der Waals surface area (Å²) in [5.74, 6) is -0.290. The lowest BCUT2D eigenvalue weighted by atomic mass is 9.91. The van der Waals surface area contributed by atoms with Crippen LogP contribution in [0.15, 0.2) is 30.6 Å². The quantitative estimate of drug-likeness (QED) is 0.926. The van der Waals surface area contributed by atoms with Crippen molar-refractivity contribution in [3.05, 3.63) is 36.2 Å². The molecule has 0 saturated carbocycles. The number of amides is 1. The van der Waals surface area contributed by atoms with E-state index >= 15 is 0 Å². The Morgan fingerprint density at radius 1 is 1.10 bits per heavy atom. The average molecular weight is 271 g/mol. The maximum atomic E-state index is 12.0. The van der Waals surface area contributed by atoms with Crippen molar-refractivity contribution < 1.29 is 9.59 Å². The third-order valence-corrected chi connectivity index (χ3v) is 2.98. The minimum Gasteiger partial charge on any atom is -0.345 e. The molecule has 1 aromatic heterocycles. The van der Waals surface area contributed by atoms with E-state index in [4.69, 9.17) is 0 Å². The van der Waals surface area contributed by atoms with Crippen molar-refractivity contribution >= 4 is 22.7 Å². The van der Waals surface area contributed by atoms with Gasteiger partial charge in [-0.15, -0.1) is 0 Å². The molecule has 0 aliphatic heterocycles. The molecule has 104 valence electrons. The van der Waals surface area contributed by atoms with Crippen LogP contribution in [0.5, 0.6) is 0 Å². The van der Waals surface area contributed by atoms with Gasteiger partial charge in [0.05, 0.1) is 17.6 Å². The molecule has 2 aromatic rings. The fourth-order valence-corrected chi connectivity index (χ4v) is 1.63. The van der Waals surface area contributed by atoms with Gasteiger partial charge in [0.1, 0.15) is 0 Å². The van der Waals surface area contributed by atoms with Gasteiger partial charge in [0.25, 0.3) is 5.91 Å². The molecule has 2 rings (SSSR count). The molecule has 0 spiro atoms. The van der Waals surface area contributed by atoms with E-state index in [9.17, 15) is 9.59 Å². The molecule has 0 aliphatic rings. The van der Waals surface area contributed by atoms with Gasteiger partial charge < -0.3 is 5.32 Å². The van der Waals surface area contributed by atoms with E-state index in [1.54, 1.807) is 30.6 Å². The van der Waals surface area contributed by atoms with Crippen LogP contribution in [-0.4, -0.2) is 28.2 Å². The summed E-state index contributed by atoms with van der Waals surface area (Å²) < 4.78 is 0. The van der Waals surface area contributed by atoms with Crippen LogP contribution >= 0.6 is 0 Å². The molecular weight excluding hydrogens is 254 g/mol. The van der Waals surface area contributed by atoms with Gasteiger partial charge in [0, 0.05) is 23.4 Å². The Morgan fingerprint density at radius 2 is 1.75 bits per heavy atom. The van der Waals surface area contributed by atoms with Gasteiger partial charge in [0.15, 0.2) is 5.78 Å². The number of nitrogens with zero attached hydrogens (tertiary/aromatic N) is 2. The van der Waals surface area contributed by atoms with Crippen LogP contribution in [0.1, 0.15) is 31.1 Å². The van der Waals surface area contributed by atoms with E-state index < -0.39 is 5.41 Å². The predicted molar refractivity (Wildman–Crippen MR) is 76.3 cm³/mol. The minimum atomic E-state index is -0.456. The SMILES string of the molecule is CC(C)(C)C(=O)CNC(=O)c1ccc2nccnc2c1. The Labute approximate surface area is 117 Å². The Hall–Kier alpha value is -2.30. The highest BCUT2D eigenvalue weighted by molar-refractivity contribution is 5.99. The van der Waals surface area contributed by atoms with E-state index in [1.165, 1.54) is 0 Å². The van der Waals surface area contributed by atoms with Crippen LogP contribution in [0.2, 0.25) is 0 Å². The number of hydrogen-bond donors (Lipinski definition) is 1. The van der Waals surface area contributed by atoms with Crippen molar-refractivity contribution in [2.24, 2.45) is 5.41 Å². The number of benzene rings is 1. The molecule has 1 N–H and O–H groups in total. The number of ketones is 1. The molecule has 0 bridgehead atoms. The maximum Gasteiger partial charge on any atom is 0.251 e. The summed E-state index contributed by atoms with van der Waals surface area (Å²) in [6, 6.07) is 5.08. The lowest BCUT2D eigenvalue weighted by Gasteiger charge is -2.16. The van der Waals surface area contributed by atoms with E-state index in [2.05, 4.69) is 15.3 Å². The molecule has 5 heteroatoms. The van der Waals surface area contributed by atoms with Gasteiger partial charge in [-0.05, 0) is 18.2 Å². The van der Waals surface area contributed by atoms with Crippen molar-refractivity contribution in [2.45, 2.75) is 20.8 Å². The molecule has 1 heterocycles. The van der Waals surface area contributed by atoms with Gasteiger partial charge in [-0.3, -0.25) is 19.6 Å². The molecule has 1 aromatic carbocycles. The summed E-state index contributed by atoms with van der Waals surface area (Å²) in [6.07, 6.45) is 3.18. The largest absolute Gasteiger partial charge is 0.345 e. The molecule has 5 nitrogen and oxygen atoms in total. The van der Waals surface area contributed by atoms with Crippen LogP contribution in [0, 0.1) is 5.41 Å². The van der Waals surface area contributed by atoms with Gasteiger partial charge in [-0.1, -0.05) is 20.8 Å². The van der Waals surface area contributed by atoms with E-state index in [-0.39, 0.29) is 18.2 Å². The zero-order chi connectivity index (χ0) is 14.8. The van der Waals surface area contributed by atoms with Crippen molar-refractivity contribution in [3.63, 3.8) is 0 Å². The van der Waals surface area contributed by atoms with Gasteiger partial charge >= 0.3 is 0 Å². The average Bonchev–Trinajstić information content (AvgIpc) is 2.42. The van der Waals surface area contributed by atoms with Crippen molar-refractivity contribution in [3.8, 4) is 0 Å². The first-order chi connectivity index (χ1) is 9.38. The van der Waals surface area contributed by atoms with E-state index in [0.717, 1.165) is 5.52 Å². The fraction of sp³-hybridized carbons (Fsp3) is 0.333. The number of fused-ring (bicyclic) bond motifs is 1. The van der Waals surface area contributed by atoms with E-state index in [0.29, 0.717) is 11.1 Å². The zero-order valence-electron chi connectivity index (χ0n) is 11.8. The van der Waals surface area contributed by atoms with Gasteiger partial charge in [0.2, 0.25) is 0 Å². The van der Waals surface area contributed by atoms with E-state index in [1.807, 2.05) is 20.8 Å². The molecule has 0 unspecified atom stereocenters. The number of Topliss-reactive ketones (excluding diaryl/α,β-unsaturated/α-hetero) is 1. The summed E-state index contributed by atoms with van der Waals surface area (Å²) in [4.78, 5) is 32.1. The first-order valence-corrected chi connectivity index (χ1v) is 6.40.